The number of amides is 1. The van der Waals surface area contributed by atoms with Crippen molar-refractivity contribution in [3.05, 3.63) is 29.3 Å². The molecule has 0 radical (unpaired) electrons. The molecule has 4 nitrogen and oxygen atoms in total. The molecule has 1 aromatic carbocycles. The molecule has 0 aliphatic rings. The van der Waals surface area contributed by atoms with Crippen LogP contribution in [0.25, 0.3) is 0 Å². The fourth-order valence-corrected chi connectivity index (χ4v) is 1.86. The van der Waals surface area contributed by atoms with Gasteiger partial charge in [0.2, 0.25) is 0 Å². The molecule has 0 bridgehead atoms. The van der Waals surface area contributed by atoms with E-state index in [1.807, 2.05) is 0 Å². The third-order valence-corrected chi connectivity index (χ3v) is 2.97. The van der Waals surface area contributed by atoms with Gasteiger partial charge in [-0.1, -0.05) is 6.07 Å². The normalized spacial score (nSPS) is 12.7. The largest absolute Gasteiger partial charge is 0.444 e. The van der Waals surface area contributed by atoms with Gasteiger partial charge in [-0.3, -0.25) is 5.32 Å². The minimum absolute atomic E-state index is 0.105. The minimum Gasteiger partial charge on any atom is -0.444 e. The molecule has 0 saturated heterocycles. The summed E-state index contributed by atoms with van der Waals surface area (Å²) >= 11 is 0. The number of carbonyl (C=O) groups is 2. The van der Waals surface area contributed by atoms with E-state index in [0.29, 0.717) is 6.29 Å². The highest BCUT2D eigenvalue weighted by molar-refractivity contribution is 5.88. The maximum Gasteiger partial charge on any atom is 0.416 e. The highest BCUT2D eigenvalue weighted by atomic mass is 19.4. The van der Waals surface area contributed by atoms with E-state index in [0.717, 1.165) is 12.1 Å². The van der Waals surface area contributed by atoms with Gasteiger partial charge in [-0.15, -0.1) is 0 Å². The molecule has 0 unspecified atom stereocenters. The fourth-order valence-electron chi connectivity index (χ4n) is 1.86. The van der Waals surface area contributed by atoms with Gasteiger partial charge in [0, 0.05) is 11.1 Å². The van der Waals surface area contributed by atoms with E-state index in [1.165, 1.54) is 6.07 Å². The van der Waals surface area contributed by atoms with Gasteiger partial charge < -0.3 is 9.53 Å². The number of ether oxygens (including phenoxy) is 1. The molecule has 0 saturated carbocycles. The van der Waals surface area contributed by atoms with E-state index in [4.69, 9.17) is 4.74 Å². The Bertz CT molecular complexity index is 602. The second-order valence-electron chi connectivity index (χ2n) is 6.72. The zero-order valence-corrected chi connectivity index (χ0v) is 13.7. The SMILES string of the molecule is CC(C)(C)OC(=O)Nc1cc(C(F)(F)F)ccc1C(C)(C)C=O. The van der Waals surface area contributed by atoms with Crippen molar-refractivity contribution in [2.75, 3.05) is 5.32 Å². The first-order chi connectivity index (χ1) is 10.3. The van der Waals surface area contributed by atoms with Gasteiger partial charge in [-0.25, -0.2) is 4.79 Å². The topological polar surface area (TPSA) is 55.4 Å². The summed E-state index contributed by atoms with van der Waals surface area (Å²) in [6.45, 7) is 7.99. The van der Waals surface area contributed by atoms with Crippen molar-refractivity contribution in [2.24, 2.45) is 0 Å². The summed E-state index contributed by atoms with van der Waals surface area (Å²) in [7, 11) is 0. The molecular formula is C16H20F3NO3. The van der Waals surface area contributed by atoms with Crippen molar-refractivity contribution < 1.29 is 27.5 Å². The molecule has 0 heterocycles. The number of nitrogens with one attached hydrogen (secondary N) is 1. The van der Waals surface area contributed by atoms with Gasteiger partial charge >= 0.3 is 12.3 Å². The predicted molar refractivity (Wildman–Crippen MR) is 80.4 cm³/mol. The van der Waals surface area contributed by atoms with Crippen LogP contribution in [0.5, 0.6) is 0 Å². The van der Waals surface area contributed by atoms with Crippen LogP contribution in [-0.2, 0) is 21.1 Å². The Balaban J connectivity index is 3.29. The molecule has 1 N–H and O–H groups in total. The van der Waals surface area contributed by atoms with Crippen LogP contribution >= 0.6 is 0 Å². The van der Waals surface area contributed by atoms with Crippen LogP contribution in [0.1, 0.15) is 45.7 Å². The third-order valence-electron chi connectivity index (χ3n) is 2.97. The molecule has 128 valence electrons. The highest BCUT2D eigenvalue weighted by Crippen LogP contribution is 2.36. The molecule has 0 fully saturated rings. The van der Waals surface area contributed by atoms with Crippen molar-refractivity contribution in [3.8, 4) is 0 Å². The number of hydrogen-bond donors (Lipinski definition) is 1. The summed E-state index contributed by atoms with van der Waals surface area (Å²) in [5, 5.41) is 2.30. The van der Waals surface area contributed by atoms with Crippen molar-refractivity contribution in [2.45, 2.75) is 51.8 Å². The zero-order chi connectivity index (χ0) is 18.1. The molecule has 1 rings (SSSR count). The van der Waals surface area contributed by atoms with Crippen LogP contribution in [0.15, 0.2) is 18.2 Å². The molecule has 23 heavy (non-hydrogen) atoms. The lowest BCUT2D eigenvalue weighted by molar-refractivity contribution is -0.137. The maximum absolute atomic E-state index is 12.9. The lowest BCUT2D eigenvalue weighted by Gasteiger charge is -2.24. The molecule has 7 heteroatoms. The molecule has 0 spiro atoms. The molecule has 1 amide bonds. The summed E-state index contributed by atoms with van der Waals surface area (Å²) in [6.07, 6.45) is -4.84. The van der Waals surface area contributed by atoms with Crippen LogP contribution in [-0.4, -0.2) is 18.0 Å². The first-order valence-electron chi connectivity index (χ1n) is 6.94. The standard InChI is InChI=1S/C16H20F3NO3/c1-14(2,3)23-13(22)20-12-8-10(16(17,18)19)6-7-11(12)15(4,5)9-21/h6-9H,1-5H3,(H,20,22). The Kier molecular flexibility index (Phi) is 5.13. The molecule has 0 aliphatic heterocycles. The number of aldehydes is 1. The van der Waals surface area contributed by atoms with Crippen LogP contribution in [0.2, 0.25) is 0 Å². The molecular weight excluding hydrogens is 311 g/mol. The quantitative estimate of drug-likeness (QED) is 0.828. The average Bonchev–Trinajstić information content (AvgIpc) is 2.35. The van der Waals surface area contributed by atoms with Crippen LogP contribution in [0, 0.1) is 0 Å². The van der Waals surface area contributed by atoms with E-state index in [2.05, 4.69) is 5.32 Å². The van der Waals surface area contributed by atoms with Gasteiger partial charge in [-0.05, 0) is 52.3 Å². The van der Waals surface area contributed by atoms with E-state index >= 15 is 0 Å². The summed E-state index contributed by atoms with van der Waals surface area (Å²) in [6, 6.07) is 2.86. The highest BCUT2D eigenvalue weighted by Gasteiger charge is 2.33. The second-order valence-corrected chi connectivity index (χ2v) is 6.72. The smallest absolute Gasteiger partial charge is 0.416 e. The fraction of sp³-hybridized carbons (Fsp3) is 0.500. The van der Waals surface area contributed by atoms with Crippen molar-refractivity contribution in [3.63, 3.8) is 0 Å². The first kappa shape index (κ1) is 19.0. The Morgan fingerprint density at radius 3 is 2.13 bits per heavy atom. The maximum atomic E-state index is 12.9. The summed E-state index contributed by atoms with van der Waals surface area (Å²) in [4.78, 5) is 23.1. The number of alkyl halides is 3. The zero-order valence-electron chi connectivity index (χ0n) is 13.7. The molecule has 0 aromatic heterocycles. The first-order valence-corrected chi connectivity index (χ1v) is 6.94. The van der Waals surface area contributed by atoms with Crippen molar-refractivity contribution in [1.82, 2.24) is 0 Å². The molecule has 1 aromatic rings. The van der Waals surface area contributed by atoms with E-state index in [9.17, 15) is 22.8 Å². The van der Waals surface area contributed by atoms with Crippen LogP contribution < -0.4 is 5.32 Å². The monoisotopic (exact) mass is 331 g/mol. The average molecular weight is 331 g/mol. The Morgan fingerprint density at radius 1 is 1.13 bits per heavy atom. The van der Waals surface area contributed by atoms with Crippen LogP contribution in [0.3, 0.4) is 0 Å². The Labute approximate surface area is 133 Å². The van der Waals surface area contributed by atoms with Crippen LogP contribution in [0.4, 0.5) is 23.7 Å². The number of carbonyl (C=O) groups excluding carboxylic acids is 2. The van der Waals surface area contributed by atoms with E-state index < -0.39 is 28.8 Å². The summed E-state index contributed by atoms with van der Waals surface area (Å²) in [5.41, 5.74) is -2.62. The van der Waals surface area contributed by atoms with Gasteiger partial charge in [0.25, 0.3) is 0 Å². The predicted octanol–water partition coefficient (Wildman–Crippen LogP) is 4.53. The molecule has 0 atom stereocenters. The second kappa shape index (κ2) is 6.22. The third kappa shape index (κ3) is 5.26. The number of halogens is 3. The lowest BCUT2D eigenvalue weighted by atomic mass is 9.84. The van der Waals surface area contributed by atoms with Gasteiger partial charge in [0.1, 0.15) is 11.9 Å². The van der Waals surface area contributed by atoms with E-state index in [1.54, 1.807) is 34.6 Å². The Hall–Kier alpha value is -2.05. The van der Waals surface area contributed by atoms with Crippen molar-refractivity contribution in [1.29, 1.82) is 0 Å². The number of anilines is 1. The summed E-state index contributed by atoms with van der Waals surface area (Å²) < 4.78 is 43.7. The summed E-state index contributed by atoms with van der Waals surface area (Å²) in [5.74, 6) is 0. The number of benzene rings is 1. The lowest BCUT2D eigenvalue weighted by Crippen LogP contribution is -2.29. The number of rotatable bonds is 3. The van der Waals surface area contributed by atoms with Gasteiger partial charge in [0.15, 0.2) is 0 Å². The minimum atomic E-state index is -4.56. The Morgan fingerprint density at radius 2 is 1.70 bits per heavy atom. The number of hydrogen-bond acceptors (Lipinski definition) is 3. The van der Waals surface area contributed by atoms with Gasteiger partial charge in [0.05, 0.1) is 5.56 Å². The molecule has 0 aliphatic carbocycles. The van der Waals surface area contributed by atoms with Crippen molar-refractivity contribution >= 4 is 18.1 Å². The van der Waals surface area contributed by atoms with Gasteiger partial charge in [-0.2, -0.15) is 13.2 Å². The van der Waals surface area contributed by atoms with E-state index in [-0.39, 0.29) is 11.3 Å².